The molecule has 2 bridgehead atoms. The van der Waals surface area contributed by atoms with Gasteiger partial charge >= 0.3 is 5.97 Å². The Morgan fingerprint density at radius 3 is 2.38 bits per heavy atom. The molecule has 0 aromatic rings. The highest BCUT2D eigenvalue weighted by Gasteiger charge is 2.67. The minimum absolute atomic E-state index is 0.0718. The van der Waals surface area contributed by atoms with Gasteiger partial charge in [0.05, 0.1) is 5.41 Å². The molecule has 0 spiro atoms. The van der Waals surface area contributed by atoms with Crippen LogP contribution in [0.1, 0.15) is 33.1 Å². The Morgan fingerprint density at radius 1 is 1.54 bits per heavy atom. The van der Waals surface area contributed by atoms with Gasteiger partial charge in [-0.15, -0.1) is 0 Å². The molecule has 1 N–H and O–H groups in total. The molecular weight excluding hydrogens is 168 g/mol. The minimum Gasteiger partial charge on any atom is -0.481 e. The predicted octanol–water partition coefficient (Wildman–Crippen LogP) is 1.47. The summed E-state index contributed by atoms with van der Waals surface area (Å²) in [5.74, 6) is -0.584. The number of carboxylic acids is 1. The third-order valence-corrected chi connectivity index (χ3v) is 4.45. The lowest BCUT2D eigenvalue weighted by Gasteiger charge is -2.31. The van der Waals surface area contributed by atoms with Crippen LogP contribution in [0.15, 0.2) is 0 Å². The van der Waals surface area contributed by atoms with Gasteiger partial charge in [0.2, 0.25) is 0 Å². The van der Waals surface area contributed by atoms with Crippen LogP contribution < -0.4 is 0 Å². The van der Waals surface area contributed by atoms with Gasteiger partial charge in [0, 0.05) is 11.8 Å². The van der Waals surface area contributed by atoms with Crippen LogP contribution in [0.4, 0.5) is 0 Å². The molecule has 0 aromatic carbocycles. The molecule has 0 aromatic heterocycles. The molecule has 13 heavy (non-hydrogen) atoms. The second-order valence-corrected chi connectivity index (χ2v) is 4.70. The maximum atomic E-state index is 11.6. The van der Waals surface area contributed by atoms with Crippen LogP contribution in [0.2, 0.25) is 0 Å². The van der Waals surface area contributed by atoms with Crippen LogP contribution >= 0.6 is 0 Å². The van der Waals surface area contributed by atoms with E-state index in [4.69, 9.17) is 0 Å². The first-order valence-electron chi connectivity index (χ1n) is 4.69. The van der Waals surface area contributed by atoms with Crippen LogP contribution in [0.25, 0.3) is 0 Å². The van der Waals surface area contributed by atoms with Gasteiger partial charge in [0.15, 0.2) is 0 Å². The zero-order valence-corrected chi connectivity index (χ0v) is 7.96. The van der Waals surface area contributed by atoms with Crippen LogP contribution in [0, 0.1) is 16.7 Å². The van der Waals surface area contributed by atoms with E-state index in [2.05, 4.69) is 0 Å². The maximum Gasteiger partial charge on any atom is 0.310 e. The Hall–Kier alpha value is -0.860. The summed E-state index contributed by atoms with van der Waals surface area (Å²) in [7, 11) is 0. The Balaban J connectivity index is 2.53. The summed E-state index contributed by atoms with van der Waals surface area (Å²) >= 11 is 0. The van der Waals surface area contributed by atoms with Crippen molar-refractivity contribution in [2.75, 3.05) is 0 Å². The summed E-state index contributed by atoms with van der Waals surface area (Å²) in [5.41, 5.74) is -1.40. The van der Waals surface area contributed by atoms with Crippen LogP contribution in [0.5, 0.6) is 0 Å². The van der Waals surface area contributed by atoms with Crippen LogP contribution in [0.3, 0.4) is 0 Å². The zero-order chi connectivity index (χ0) is 9.85. The third kappa shape index (κ3) is 0.713. The van der Waals surface area contributed by atoms with Gasteiger partial charge < -0.3 is 5.11 Å². The Bertz CT molecular complexity index is 297. The molecule has 2 saturated carbocycles. The molecule has 2 aliphatic rings. The van der Waals surface area contributed by atoms with E-state index < -0.39 is 16.8 Å². The first-order chi connectivity index (χ1) is 5.93. The highest BCUT2D eigenvalue weighted by Crippen LogP contribution is 2.63. The van der Waals surface area contributed by atoms with E-state index in [1.54, 1.807) is 6.92 Å². The molecule has 2 fully saturated rings. The van der Waals surface area contributed by atoms with Crippen molar-refractivity contribution in [2.45, 2.75) is 33.1 Å². The SMILES string of the molecule is CC1(C(=O)O)[C@@H]2CC[C@@]1(C)C(=O)C2. The summed E-state index contributed by atoms with van der Waals surface area (Å²) in [6, 6.07) is 0. The summed E-state index contributed by atoms with van der Waals surface area (Å²) in [6.45, 7) is 3.55. The van der Waals surface area contributed by atoms with Crippen molar-refractivity contribution >= 4 is 11.8 Å². The number of hydrogen-bond acceptors (Lipinski definition) is 2. The molecule has 72 valence electrons. The first-order valence-corrected chi connectivity index (χ1v) is 4.69. The number of aliphatic carboxylic acids is 1. The number of hydrogen-bond donors (Lipinski definition) is 1. The van der Waals surface area contributed by atoms with E-state index in [9.17, 15) is 14.7 Å². The van der Waals surface area contributed by atoms with Crippen molar-refractivity contribution in [3.8, 4) is 0 Å². The van der Waals surface area contributed by atoms with Gasteiger partial charge in [-0.25, -0.2) is 0 Å². The predicted molar refractivity (Wildman–Crippen MR) is 46.2 cm³/mol. The number of ketones is 1. The maximum absolute atomic E-state index is 11.6. The molecule has 1 unspecified atom stereocenters. The zero-order valence-electron chi connectivity index (χ0n) is 7.96. The van der Waals surface area contributed by atoms with Gasteiger partial charge in [-0.3, -0.25) is 9.59 Å². The lowest BCUT2D eigenvalue weighted by Crippen LogP contribution is -2.41. The molecule has 3 nitrogen and oxygen atoms in total. The Labute approximate surface area is 77.1 Å². The van der Waals surface area contributed by atoms with Crippen LogP contribution in [-0.4, -0.2) is 16.9 Å². The quantitative estimate of drug-likeness (QED) is 0.668. The monoisotopic (exact) mass is 182 g/mol. The number of carbonyl (C=O) groups excluding carboxylic acids is 1. The fourth-order valence-corrected chi connectivity index (χ4v) is 3.06. The fraction of sp³-hybridized carbons (Fsp3) is 0.800. The summed E-state index contributed by atoms with van der Waals surface area (Å²) in [4.78, 5) is 22.8. The van der Waals surface area contributed by atoms with Gasteiger partial charge in [0.25, 0.3) is 0 Å². The normalized spacial score (nSPS) is 48.5. The molecule has 3 atom stereocenters. The smallest absolute Gasteiger partial charge is 0.310 e. The Kier molecular flexibility index (Phi) is 1.44. The van der Waals surface area contributed by atoms with E-state index in [1.807, 2.05) is 6.92 Å². The summed E-state index contributed by atoms with van der Waals surface area (Å²) in [5, 5.41) is 9.18. The first kappa shape index (κ1) is 8.73. The molecule has 2 rings (SSSR count). The summed E-state index contributed by atoms with van der Waals surface area (Å²) in [6.07, 6.45) is 2.11. The van der Waals surface area contributed by atoms with Gasteiger partial charge in [0.1, 0.15) is 5.78 Å². The molecule has 2 aliphatic carbocycles. The van der Waals surface area contributed by atoms with E-state index in [0.29, 0.717) is 6.42 Å². The average Bonchev–Trinajstić information content (AvgIpc) is 2.40. The number of rotatable bonds is 1. The van der Waals surface area contributed by atoms with E-state index in [1.165, 1.54) is 0 Å². The number of carboxylic acid groups (broad SMARTS) is 1. The van der Waals surface area contributed by atoms with E-state index in [0.717, 1.165) is 12.8 Å². The third-order valence-electron chi connectivity index (χ3n) is 4.45. The second-order valence-electron chi connectivity index (χ2n) is 4.70. The molecular formula is C10H14O3. The van der Waals surface area contributed by atoms with Crippen molar-refractivity contribution in [1.29, 1.82) is 0 Å². The van der Waals surface area contributed by atoms with Gasteiger partial charge in [-0.2, -0.15) is 0 Å². The largest absolute Gasteiger partial charge is 0.481 e. The molecule has 0 aliphatic heterocycles. The van der Waals surface area contributed by atoms with Crippen molar-refractivity contribution in [1.82, 2.24) is 0 Å². The van der Waals surface area contributed by atoms with E-state index >= 15 is 0 Å². The molecule has 0 heterocycles. The van der Waals surface area contributed by atoms with Gasteiger partial charge in [-0.05, 0) is 25.7 Å². The summed E-state index contributed by atoms with van der Waals surface area (Å²) < 4.78 is 0. The molecule has 0 amide bonds. The Morgan fingerprint density at radius 2 is 2.15 bits per heavy atom. The molecule has 0 radical (unpaired) electrons. The van der Waals surface area contributed by atoms with E-state index in [-0.39, 0.29) is 11.7 Å². The van der Waals surface area contributed by atoms with Gasteiger partial charge in [-0.1, -0.05) is 6.92 Å². The van der Waals surface area contributed by atoms with Crippen LogP contribution in [-0.2, 0) is 9.59 Å². The second kappa shape index (κ2) is 2.14. The lowest BCUT2D eigenvalue weighted by atomic mass is 9.69. The van der Waals surface area contributed by atoms with Crippen molar-refractivity contribution in [3.05, 3.63) is 0 Å². The molecule has 0 saturated heterocycles. The van der Waals surface area contributed by atoms with Crippen molar-refractivity contribution < 1.29 is 14.7 Å². The highest BCUT2D eigenvalue weighted by atomic mass is 16.4. The fourth-order valence-electron chi connectivity index (χ4n) is 3.06. The van der Waals surface area contributed by atoms with Crippen molar-refractivity contribution in [2.24, 2.45) is 16.7 Å². The highest BCUT2D eigenvalue weighted by molar-refractivity contribution is 5.96. The number of Topliss-reactive ketones (excluding diaryl/α,β-unsaturated/α-hetero) is 1. The minimum atomic E-state index is -0.802. The lowest BCUT2D eigenvalue weighted by molar-refractivity contribution is -0.156. The van der Waals surface area contributed by atoms with Crippen molar-refractivity contribution in [3.63, 3.8) is 0 Å². The number of carbonyl (C=O) groups is 2. The topological polar surface area (TPSA) is 54.4 Å². The molecule has 3 heteroatoms. The number of fused-ring (bicyclic) bond motifs is 2. The average molecular weight is 182 g/mol. The standard InChI is InChI=1S/C10H14O3/c1-9-4-3-6(5-7(9)11)10(9,2)8(12)13/h6H,3-5H2,1-2H3,(H,12,13)/t6-,9+,10?/m1/s1.